The molecule has 0 bridgehead atoms. The predicted octanol–water partition coefficient (Wildman–Crippen LogP) is 4.53. The summed E-state index contributed by atoms with van der Waals surface area (Å²) in [6, 6.07) is 21.0. The van der Waals surface area contributed by atoms with Gasteiger partial charge in [-0.05, 0) is 54.1 Å². The maximum absolute atomic E-state index is 13.5. The van der Waals surface area contributed by atoms with Crippen LogP contribution < -0.4 is 9.96 Å². The Kier molecular flexibility index (Phi) is 4.53. The molecule has 150 valence electrons. The lowest BCUT2D eigenvalue weighted by molar-refractivity contribution is -0.126. The number of hydroxylamine groups is 1. The summed E-state index contributed by atoms with van der Waals surface area (Å²) in [5, 5.41) is 2.11. The standard InChI is InChI=1S/C23H16ClFN2O3/c24-15-8-12-18(13-9-15)27-20(14-6-10-16(25)11-7-14)19-21(30-27)23(29)26(22(19)28)17-4-2-1-3-5-17/h1-13,19-21H/t19-,20-,21+/m0/s1. The number of halogens is 2. The lowest BCUT2D eigenvalue weighted by Crippen LogP contribution is -2.37. The van der Waals surface area contributed by atoms with E-state index < -0.39 is 24.0 Å². The van der Waals surface area contributed by atoms with E-state index in [1.807, 2.05) is 6.07 Å². The first-order valence-corrected chi connectivity index (χ1v) is 9.82. The van der Waals surface area contributed by atoms with E-state index in [2.05, 4.69) is 0 Å². The molecular weight excluding hydrogens is 407 g/mol. The third-order valence-electron chi connectivity index (χ3n) is 5.42. The summed E-state index contributed by atoms with van der Waals surface area (Å²) in [5.74, 6) is -1.91. The maximum atomic E-state index is 13.5. The number of para-hydroxylation sites is 1. The highest BCUT2D eigenvalue weighted by molar-refractivity contribution is 6.30. The molecule has 2 aliphatic heterocycles. The molecule has 5 nitrogen and oxygen atoms in total. The number of nitrogens with zero attached hydrogens (tertiary/aromatic N) is 2. The van der Waals surface area contributed by atoms with Crippen LogP contribution >= 0.6 is 11.6 Å². The monoisotopic (exact) mass is 422 g/mol. The van der Waals surface area contributed by atoms with Crippen molar-refractivity contribution in [1.29, 1.82) is 0 Å². The molecule has 3 atom stereocenters. The minimum absolute atomic E-state index is 0.345. The van der Waals surface area contributed by atoms with Crippen LogP contribution in [0.2, 0.25) is 5.02 Å². The van der Waals surface area contributed by atoms with Gasteiger partial charge in [-0.25, -0.2) is 14.4 Å². The minimum Gasteiger partial charge on any atom is -0.273 e. The van der Waals surface area contributed by atoms with Crippen molar-refractivity contribution < 1.29 is 18.8 Å². The maximum Gasteiger partial charge on any atom is 0.266 e. The second-order valence-electron chi connectivity index (χ2n) is 7.20. The molecule has 2 fully saturated rings. The van der Waals surface area contributed by atoms with Crippen LogP contribution in [0.15, 0.2) is 78.9 Å². The van der Waals surface area contributed by atoms with Crippen LogP contribution in [0.5, 0.6) is 0 Å². The molecule has 0 unspecified atom stereocenters. The van der Waals surface area contributed by atoms with Gasteiger partial charge in [0.2, 0.25) is 5.91 Å². The van der Waals surface area contributed by atoms with E-state index in [1.54, 1.807) is 65.7 Å². The van der Waals surface area contributed by atoms with Gasteiger partial charge < -0.3 is 0 Å². The number of hydrogen-bond acceptors (Lipinski definition) is 4. The second-order valence-corrected chi connectivity index (χ2v) is 7.63. The van der Waals surface area contributed by atoms with Crippen LogP contribution in [0, 0.1) is 11.7 Å². The predicted molar refractivity (Wildman–Crippen MR) is 110 cm³/mol. The molecule has 0 N–H and O–H groups in total. The number of hydrogen-bond donors (Lipinski definition) is 0. The first-order chi connectivity index (χ1) is 14.5. The highest BCUT2D eigenvalue weighted by Gasteiger charge is 2.60. The zero-order valence-corrected chi connectivity index (χ0v) is 16.4. The zero-order chi connectivity index (χ0) is 20.8. The van der Waals surface area contributed by atoms with Gasteiger partial charge >= 0.3 is 0 Å². The summed E-state index contributed by atoms with van der Waals surface area (Å²) in [6.07, 6.45) is -0.969. The Morgan fingerprint density at radius 2 is 1.47 bits per heavy atom. The summed E-state index contributed by atoms with van der Waals surface area (Å²) in [5.41, 5.74) is 1.83. The van der Waals surface area contributed by atoms with Gasteiger partial charge in [0.15, 0.2) is 6.10 Å². The molecule has 30 heavy (non-hydrogen) atoms. The van der Waals surface area contributed by atoms with Crippen LogP contribution in [0.3, 0.4) is 0 Å². The number of fused-ring (bicyclic) bond motifs is 1. The van der Waals surface area contributed by atoms with Crippen molar-refractivity contribution in [1.82, 2.24) is 0 Å². The number of imide groups is 1. The minimum atomic E-state index is -0.969. The molecule has 0 aliphatic carbocycles. The third kappa shape index (κ3) is 2.96. The topological polar surface area (TPSA) is 49.9 Å². The molecule has 0 radical (unpaired) electrons. The van der Waals surface area contributed by atoms with Gasteiger partial charge in [0.25, 0.3) is 5.91 Å². The van der Waals surface area contributed by atoms with Crippen molar-refractivity contribution in [3.05, 3.63) is 95.3 Å². The average Bonchev–Trinajstić information content (AvgIpc) is 3.26. The van der Waals surface area contributed by atoms with Crippen LogP contribution in [0.25, 0.3) is 0 Å². The smallest absolute Gasteiger partial charge is 0.266 e. The molecular formula is C23H16ClFN2O3. The first-order valence-electron chi connectivity index (χ1n) is 9.44. The van der Waals surface area contributed by atoms with Gasteiger partial charge in [-0.1, -0.05) is 41.9 Å². The summed E-state index contributed by atoms with van der Waals surface area (Å²) >= 11 is 6.00. The van der Waals surface area contributed by atoms with Gasteiger partial charge in [0.1, 0.15) is 11.7 Å². The average molecular weight is 423 g/mol. The van der Waals surface area contributed by atoms with E-state index in [0.717, 1.165) is 0 Å². The Hall–Kier alpha value is -3.22. The fraction of sp³-hybridized carbons (Fsp3) is 0.130. The van der Waals surface area contributed by atoms with Gasteiger partial charge in [-0.15, -0.1) is 0 Å². The molecule has 2 amide bonds. The highest BCUT2D eigenvalue weighted by atomic mass is 35.5. The van der Waals surface area contributed by atoms with E-state index >= 15 is 0 Å². The van der Waals surface area contributed by atoms with Crippen molar-refractivity contribution in [2.75, 3.05) is 9.96 Å². The largest absolute Gasteiger partial charge is 0.273 e. The lowest BCUT2D eigenvalue weighted by atomic mass is 9.90. The van der Waals surface area contributed by atoms with Crippen LogP contribution in [-0.4, -0.2) is 17.9 Å². The van der Waals surface area contributed by atoms with Crippen molar-refractivity contribution >= 4 is 34.8 Å². The fourth-order valence-electron chi connectivity index (χ4n) is 4.06. The molecule has 2 saturated heterocycles. The number of carbonyl (C=O) groups excluding carboxylic acids is 2. The van der Waals surface area contributed by atoms with Crippen LogP contribution in [0.1, 0.15) is 11.6 Å². The van der Waals surface area contributed by atoms with Crippen LogP contribution in [-0.2, 0) is 14.4 Å². The Morgan fingerprint density at radius 3 is 2.13 bits per heavy atom. The molecule has 0 aromatic heterocycles. The molecule has 0 saturated carbocycles. The Morgan fingerprint density at radius 1 is 0.800 bits per heavy atom. The summed E-state index contributed by atoms with van der Waals surface area (Å²) in [4.78, 5) is 33.7. The van der Waals surface area contributed by atoms with Crippen molar-refractivity contribution in [2.24, 2.45) is 5.92 Å². The molecule has 7 heteroatoms. The summed E-state index contributed by atoms with van der Waals surface area (Å²) < 4.78 is 13.5. The van der Waals surface area contributed by atoms with Crippen molar-refractivity contribution in [3.8, 4) is 0 Å². The van der Waals surface area contributed by atoms with E-state index in [9.17, 15) is 14.0 Å². The molecule has 2 heterocycles. The van der Waals surface area contributed by atoms with Gasteiger partial charge in [-0.2, -0.15) is 0 Å². The highest BCUT2D eigenvalue weighted by Crippen LogP contribution is 2.47. The Balaban J connectivity index is 1.59. The number of rotatable bonds is 3. The number of benzene rings is 3. The van der Waals surface area contributed by atoms with Gasteiger partial charge in [0, 0.05) is 5.02 Å². The Labute approximate surface area is 177 Å². The normalized spacial score (nSPS) is 23.2. The SMILES string of the molecule is O=C1[C@@H]2[C@@H](ON(c3ccc(Cl)cc3)[C@H]2c2ccc(F)cc2)C(=O)N1c1ccccc1. The van der Waals surface area contributed by atoms with Crippen molar-refractivity contribution in [2.45, 2.75) is 12.1 Å². The van der Waals surface area contributed by atoms with Crippen molar-refractivity contribution in [3.63, 3.8) is 0 Å². The third-order valence-corrected chi connectivity index (χ3v) is 5.67. The molecule has 3 aromatic carbocycles. The van der Waals surface area contributed by atoms with Gasteiger partial charge in [0.05, 0.1) is 17.4 Å². The molecule has 3 aromatic rings. The molecule has 2 aliphatic rings. The van der Waals surface area contributed by atoms with E-state index in [1.165, 1.54) is 17.0 Å². The number of amides is 2. The number of anilines is 2. The van der Waals surface area contributed by atoms with E-state index in [4.69, 9.17) is 16.4 Å². The van der Waals surface area contributed by atoms with Gasteiger partial charge in [-0.3, -0.25) is 14.4 Å². The molecule has 5 rings (SSSR count). The summed E-state index contributed by atoms with van der Waals surface area (Å²) in [7, 11) is 0. The van der Waals surface area contributed by atoms with E-state index in [0.29, 0.717) is 22.0 Å². The molecule has 0 spiro atoms. The zero-order valence-electron chi connectivity index (χ0n) is 15.6. The lowest BCUT2D eigenvalue weighted by Gasteiger charge is -2.28. The number of carbonyl (C=O) groups is 2. The van der Waals surface area contributed by atoms with E-state index in [-0.39, 0.29) is 11.7 Å². The summed E-state index contributed by atoms with van der Waals surface area (Å²) in [6.45, 7) is 0. The fourth-order valence-corrected chi connectivity index (χ4v) is 4.18. The first kappa shape index (κ1) is 18.8. The Bertz CT molecular complexity index is 1110. The second kappa shape index (κ2) is 7.23. The quantitative estimate of drug-likeness (QED) is 0.582. The van der Waals surface area contributed by atoms with Crippen LogP contribution in [0.4, 0.5) is 15.8 Å².